The molecule has 0 atom stereocenters. The number of aryl methyl sites for hydroxylation is 1. The second kappa shape index (κ2) is 4.85. The molecule has 0 unspecified atom stereocenters. The van der Waals surface area contributed by atoms with Gasteiger partial charge in [0.25, 0.3) is 5.91 Å². The highest BCUT2D eigenvalue weighted by atomic mass is 32.1. The summed E-state index contributed by atoms with van der Waals surface area (Å²) in [6, 6.07) is 7.73. The van der Waals surface area contributed by atoms with Crippen LogP contribution in [0.2, 0.25) is 0 Å². The van der Waals surface area contributed by atoms with E-state index < -0.39 is 0 Å². The fraction of sp³-hybridized carbons (Fsp3) is 0.182. The van der Waals surface area contributed by atoms with Gasteiger partial charge in [-0.1, -0.05) is 25.1 Å². The van der Waals surface area contributed by atoms with E-state index in [1.165, 1.54) is 6.20 Å². The van der Waals surface area contributed by atoms with Gasteiger partial charge in [0, 0.05) is 5.69 Å². The second-order valence-corrected chi connectivity index (χ2v) is 3.81. The third kappa shape index (κ3) is 2.25. The molecule has 0 aliphatic heterocycles. The van der Waals surface area contributed by atoms with Gasteiger partial charge in [-0.3, -0.25) is 4.79 Å². The molecule has 1 amide bonds. The first-order valence-electron chi connectivity index (χ1n) is 4.98. The molecule has 0 spiro atoms. The minimum absolute atomic E-state index is 0.213. The third-order valence-corrected chi connectivity index (χ3v) is 2.72. The van der Waals surface area contributed by atoms with Crippen molar-refractivity contribution < 1.29 is 4.79 Å². The van der Waals surface area contributed by atoms with Crippen molar-refractivity contribution >= 4 is 23.3 Å². The predicted octanol–water partition coefficient (Wildman–Crippen LogP) is 2.35. The van der Waals surface area contributed by atoms with Crippen LogP contribution >= 0.6 is 11.7 Å². The van der Waals surface area contributed by atoms with Crippen LogP contribution in [-0.4, -0.2) is 14.7 Å². The maximum atomic E-state index is 11.7. The lowest BCUT2D eigenvalue weighted by atomic mass is 10.1. The zero-order valence-corrected chi connectivity index (χ0v) is 9.62. The maximum absolute atomic E-state index is 11.7. The molecule has 1 aromatic carbocycles. The predicted molar refractivity (Wildman–Crippen MR) is 63.7 cm³/mol. The molecule has 0 saturated heterocycles. The number of hydrogen-bond acceptors (Lipinski definition) is 4. The molecular formula is C11H11N3OS. The zero-order valence-electron chi connectivity index (χ0n) is 8.80. The summed E-state index contributed by atoms with van der Waals surface area (Å²) >= 11 is 1.03. The summed E-state index contributed by atoms with van der Waals surface area (Å²) in [5, 5.41) is 2.83. The van der Waals surface area contributed by atoms with E-state index in [4.69, 9.17) is 0 Å². The first kappa shape index (κ1) is 10.8. The van der Waals surface area contributed by atoms with E-state index in [0.717, 1.165) is 29.4 Å². The van der Waals surface area contributed by atoms with E-state index in [9.17, 15) is 4.79 Å². The number of nitrogens with zero attached hydrogens (tertiary/aromatic N) is 2. The number of benzene rings is 1. The number of para-hydroxylation sites is 1. The van der Waals surface area contributed by atoms with Gasteiger partial charge in [0.15, 0.2) is 5.69 Å². The lowest BCUT2D eigenvalue weighted by Crippen LogP contribution is -2.13. The normalized spacial score (nSPS) is 10.1. The van der Waals surface area contributed by atoms with Gasteiger partial charge in [-0.25, -0.2) is 0 Å². The molecule has 0 aliphatic rings. The topological polar surface area (TPSA) is 54.9 Å². The minimum Gasteiger partial charge on any atom is -0.320 e. The molecule has 2 aromatic rings. The van der Waals surface area contributed by atoms with Crippen LogP contribution in [0.5, 0.6) is 0 Å². The minimum atomic E-state index is -0.213. The second-order valence-electron chi connectivity index (χ2n) is 3.26. The summed E-state index contributed by atoms with van der Waals surface area (Å²) in [5.74, 6) is -0.213. The summed E-state index contributed by atoms with van der Waals surface area (Å²) in [4.78, 5) is 11.7. The monoisotopic (exact) mass is 233 g/mol. The summed E-state index contributed by atoms with van der Waals surface area (Å²) < 4.78 is 7.68. The smallest absolute Gasteiger partial charge is 0.277 e. The zero-order chi connectivity index (χ0) is 11.4. The Morgan fingerprint density at radius 2 is 2.25 bits per heavy atom. The van der Waals surface area contributed by atoms with Crippen molar-refractivity contribution in [1.29, 1.82) is 0 Å². The Balaban J connectivity index is 2.18. The van der Waals surface area contributed by atoms with Crippen LogP contribution in [-0.2, 0) is 6.42 Å². The van der Waals surface area contributed by atoms with Gasteiger partial charge in [-0.05, 0) is 18.1 Å². The van der Waals surface area contributed by atoms with E-state index in [0.29, 0.717) is 5.69 Å². The van der Waals surface area contributed by atoms with Gasteiger partial charge in [0.1, 0.15) is 0 Å². The molecule has 1 N–H and O–H groups in total. The lowest BCUT2D eigenvalue weighted by Gasteiger charge is -2.07. The van der Waals surface area contributed by atoms with Crippen LogP contribution in [0.1, 0.15) is 23.0 Å². The standard InChI is InChI=1S/C11H11N3OS/c1-2-8-5-3-4-6-9(8)13-11(15)10-7-12-16-14-10/h3-7H,2H2,1H3,(H,13,15). The van der Waals surface area contributed by atoms with Crippen LogP contribution in [0, 0.1) is 0 Å². The SMILES string of the molecule is CCc1ccccc1NC(=O)c1cnsn1. The van der Waals surface area contributed by atoms with E-state index in [1.807, 2.05) is 24.3 Å². The number of aromatic nitrogens is 2. The molecule has 1 aromatic heterocycles. The average molecular weight is 233 g/mol. The number of nitrogens with one attached hydrogen (secondary N) is 1. The van der Waals surface area contributed by atoms with Crippen molar-refractivity contribution in [3.63, 3.8) is 0 Å². The molecule has 0 bridgehead atoms. The summed E-state index contributed by atoms with van der Waals surface area (Å²) in [7, 11) is 0. The molecule has 4 nitrogen and oxygen atoms in total. The van der Waals surface area contributed by atoms with Gasteiger partial charge >= 0.3 is 0 Å². The van der Waals surface area contributed by atoms with E-state index in [2.05, 4.69) is 21.0 Å². The summed E-state index contributed by atoms with van der Waals surface area (Å²) in [6.07, 6.45) is 2.35. The molecule has 1 heterocycles. The number of amides is 1. The van der Waals surface area contributed by atoms with E-state index in [1.54, 1.807) is 0 Å². The molecule has 0 radical (unpaired) electrons. The van der Waals surface area contributed by atoms with Gasteiger partial charge in [-0.2, -0.15) is 8.75 Å². The first-order valence-corrected chi connectivity index (χ1v) is 5.71. The van der Waals surface area contributed by atoms with Crippen LogP contribution in [0.4, 0.5) is 5.69 Å². The van der Waals surface area contributed by atoms with Crippen LogP contribution in [0.25, 0.3) is 0 Å². The quantitative estimate of drug-likeness (QED) is 0.885. The highest BCUT2D eigenvalue weighted by Gasteiger charge is 2.10. The van der Waals surface area contributed by atoms with E-state index in [-0.39, 0.29) is 5.91 Å². The van der Waals surface area contributed by atoms with Crippen LogP contribution in [0.3, 0.4) is 0 Å². The average Bonchev–Trinajstić information content (AvgIpc) is 2.83. The molecular weight excluding hydrogens is 222 g/mol. The molecule has 2 rings (SSSR count). The van der Waals surface area contributed by atoms with Crippen molar-refractivity contribution in [2.75, 3.05) is 5.32 Å². The third-order valence-electron chi connectivity index (χ3n) is 2.24. The van der Waals surface area contributed by atoms with Crippen molar-refractivity contribution in [1.82, 2.24) is 8.75 Å². The fourth-order valence-corrected chi connectivity index (χ4v) is 1.81. The molecule has 0 saturated carbocycles. The highest BCUT2D eigenvalue weighted by molar-refractivity contribution is 6.99. The Bertz CT molecular complexity index is 482. The van der Waals surface area contributed by atoms with Gasteiger partial charge in [0.05, 0.1) is 17.9 Å². The first-order chi connectivity index (χ1) is 7.81. The van der Waals surface area contributed by atoms with Crippen molar-refractivity contribution in [2.45, 2.75) is 13.3 Å². The number of anilines is 1. The Labute approximate surface area is 97.7 Å². The Morgan fingerprint density at radius 1 is 1.44 bits per heavy atom. The molecule has 82 valence electrons. The van der Waals surface area contributed by atoms with Crippen LogP contribution in [0.15, 0.2) is 30.5 Å². The lowest BCUT2D eigenvalue weighted by molar-refractivity contribution is 0.102. The Hall–Kier alpha value is -1.75. The number of carbonyl (C=O) groups is 1. The van der Waals surface area contributed by atoms with Crippen LogP contribution < -0.4 is 5.32 Å². The molecule has 0 fully saturated rings. The van der Waals surface area contributed by atoms with Crippen molar-refractivity contribution in [3.05, 3.63) is 41.7 Å². The maximum Gasteiger partial charge on any atom is 0.277 e. The fourth-order valence-electron chi connectivity index (χ4n) is 1.40. The number of rotatable bonds is 3. The molecule has 5 heteroatoms. The van der Waals surface area contributed by atoms with Gasteiger partial charge < -0.3 is 5.32 Å². The Morgan fingerprint density at radius 3 is 2.94 bits per heavy atom. The summed E-state index contributed by atoms with van der Waals surface area (Å²) in [6.45, 7) is 2.05. The van der Waals surface area contributed by atoms with Crippen molar-refractivity contribution in [3.8, 4) is 0 Å². The van der Waals surface area contributed by atoms with Gasteiger partial charge in [-0.15, -0.1) is 0 Å². The van der Waals surface area contributed by atoms with Crippen molar-refractivity contribution in [2.24, 2.45) is 0 Å². The number of hydrogen-bond donors (Lipinski definition) is 1. The summed E-state index contributed by atoms with van der Waals surface area (Å²) in [5.41, 5.74) is 2.30. The molecule has 0 aliphatic carbocycles. The Kier molecular flexibility index (Phi) is 3.26. The van der Waals surface area contributed by atoms with Gasteiger partial charge in [0.2, 0.25) is 0 Å². The largest absolute Gasteiger partial charge is 0.320 e. The number of carbonyl (C=O) groups excluding carboxylic acids is 1. The molecule has 16 heavy (non-hydrogen) atoms. The van der Waals surface area contributed by atoms with E-state index >= 15 is 0 Å². The highest BCUT2D eigenvalue weighted by Crippen LogP contribution is 2.16.